The van der Waals surface area contributed by atoms with Crippen LogP contribution in [0, 0.1) is 10.1 Å². The molecule has 3 rings (SSSR count). The van der Waals surface area contributed by atoms with Gasteiger partial charge in [-0.3, -0.25) is 20.2 Å². The number of carbonyl (C=O) groups is 3. The fourth-order valence-electron chi connectivity index (χ4n) is 3.12. The Kier molecular flexibility index (Phi) is 7.51. The van der Waals surface area contributed by atoms with E-state index in [9.17, 15) is 24.5 Å². The summed E-state index contributed by atoms with van der Waals surface area (Å²) in [5.74, 6) is -0.328. The summed E-state index contributed by atoms with van der Waals surface area (Å²) in [6.45, 7) is -0.117. The van der Waals surface area contributed by atoms with E-state index in [1.165, 1.54) is 37.4 Å². The summed E-state index contributed by atoms with van der Waals surface area (Å²) in [5.41, 5.74) is -0.0306. The Balaban J connectivity index is 1.59. The second kappa shape index (κ2) is 10.5. The van der Waals surface area contributed by atoms with Crippen molar-refractivity contribution in [2.75, 3.05) is 32.1 Å². The van der Waals surface area contributed by atoms with Gasteiger partial charge in [0.2, 0.25) is 0 Å². The first-order valence-corrected chi connectivity index (χ1v) is 10.1. The quantitative estimate of drug-likeness (QED) is 0.480. The second-order valence-electron chi connectivity index (χ2n) is 6.74. The molecule has 2 N–H and O–H groups in total. The number of urea groups is 2. The average molecular weight is 478 g/mol. The molecule has 2 aromatic carbocycles. The van der Waals surface area contributed by atoms with Crippen molar-refractivity contribution < 1.29 is 28.8 Å². The van der Waals surface area contributed by atoms with Crippen LogP contribution in [0.15, 0.2) is 42.5 Å². The van der Waals surface area contributed by atoms with E-state index in [0.717, 1.165) is 10.0 Å². The van der Waals surface area contributed by atoms with E-state index in [4.69, 9.17) is 21.1 Å². The van der Waals surface area contributed by atoms with Gasteiger partial charge in [-0.15, -0.1) is 0 Å². The minimum absolute atomic E-state index is 0.0686. The first-order valence-electron chi connectivity index (χ1n) is 9.69. The molecule has 13 heteroatoms. The summed E-state index contributed by atoms with van der Waals surface area (Å²) in [6, 6.07) is 8.54. The molecule has 0 unspecified atom stereocenters. The Morgan fingerprint density at radius 3 is 2.58 bits per heavy atom. The lowest BCUT2D eigenvalue weighted by molar-refractivity contribution is -0.385. The number of imide groups is 1. The number of para-hydroxylation sites is 2. The minimum Gasteiger partial charge on any atom is -0.495 e. The van der Waals surface area contributed by atoms with Gasteiger partial charge in [-0.25, -0.2) is 19.6 Å². The van der Waals surface area contributed by atoms with Crippen molar-refractivity contribution >= 4 is 40.9 Å². The third-order valence-electron chi connectivity index (χ3n) is 4.60. The van der Waals surface area contributed by atoms with Crippen molar-refractivity contribution in [2.24, 2.45) is 0 Å². The molecule has 1 heterocycles. The van der Waals surface area contributed by atoms with Crippen molar-refractivity contribution in [3.05, 3.63) is 57.6 Å². The number of hydrogen-bond donors (Lipinski definition) is 2. The van der Waals surface area contributed by atoms with Crippen LogP contribution in [0.25, 0.3) is 0 Å². The Morgan fingerprint density at radius 2 is 1.85 bits per heavy atom. The predicted octanol–water partition coefficient (Wildman–Crippen LogP) is 3.03. The fourth-order valence-corrected chi connectivity index (χ4v) is 3.29. The highest BCUT2D eigenvalue weighted by Crippen LogP contribution is 2.28. The van der Waals surface area contributed by atoms with Crippen LogP contribution >= 0.6 is 11.6 Å². The molecule has 5 amide bonds. The lowest BCUT2D eigenvalue weighted by atomic mass is 10.3. The molecule has 174 valence electrons. The highest BCUT2D eigenvalue weighted by atomic mass is 35.5. The number of ether oxygens (including phenoxy) is 2. The average Bonchev–Trinajstić information content (AvgIpc) is 3.28. The number of nitrogens with one attached hydrogen (secondary N) is 2. The number of hydrogen-bond acceptors (Lipinski definition) is 7. The van der Waals surface area contributed by atoms with E-state index < -0.39 is 29.5 Å². The van der Waals surface area contributed by atoms with Gasteiger partial charge >= 0.3 is 17.7 Å². The van der Waals surface area contributed by atoms with Gasteiger partial charge in [-0.05, 0) is 30.7 Å². The second-order valence-corrected chi connectivity index (χ2v) is 7.17. The molecular formula is C20H20ClN5O7. The SMILES string of the molecule is COc1ccc(Cl)cc1NC(=O)NC(=O)N1CCCN1C(=O)COc1ccccc1[N+](=O)[O-]. The van der Waals surface area contributed by atoms with Gasteiger partial charge < -0.3 is 14.8 Å². The molecule has 0 aromatic heterocycles. The van der Waals surface area contributed by atoms with Gasteiger partial charge in [0.15, 0.2) is 12.4 Å². The van der Waals surface area contributed by atoms with E-state index in [1.54, 1.807) is 12.1 Å². The molecule has 1 aliphatic heterocycles. The van der Waals surface area contributed by atoms with Gasteiger partial charge in [0.1, 0.15) is 5.75 Å². The standard InChI is InChI=1S/C20H20ClN5O7/c1-32-16-8-7-13(21)11-14(16)22-19(28)23-20(29)25-10-4-9-24(25)18(27)12-33-17-6-3-2-5-15(17)26(30)31/h2-3,5-8,11H,4,9-10,12H2,1H3,(H2,22,23,28,29). The Bertz CT molecular complexity index is 1080. The van der Waals surface area contributed by atoms with Crippen molar-refractivity contribution in [3.8, 4) is 11.5 Å². The zero-order valence-corrected chi connectivity index (χ0v) is 18.2. The highest BCUT2D eigenvalue weighted by molar-refractivity contribution is 6.31. The molecule has 0 aliphatic carbocycles. The number of rotatable bonds is 6. The van der Waals surface area contributed by atoms with Crippen LogP contribution < -0.4 is 20.1 Å². The smallest absolute Gasteiger partial charge is 0.344 e. The third kappa shape index (κ3) is 5.80. The third-order valence-corrected chi connectivity index (χ3v) is 4.83. The maximum Gasteiger partial charge on any atom is 0.344 e. The van der Waals surface area contributed by atoms with Gasteiger partial charge in [-0.2, -0.15) is 0 Å². The number of halogens is 1. The summed E-state index contributed by atoms with van der Waals surface area (Å²) < 4.78 is 10.4. The van der Waals surface area contributed by atoms with E-state index in [2.05, 4.69) is 10.6 Å². The molecule has 0 radical (unpaired) electrons. The molecule has 1 saturated heterocycles. The summed E-state index contributed by atoms with van der Waals surface area (Å²) in [5, 5.41) is 18.2. The molecule has 0 saturated carbocycles. The highest BCUT2D eigenvalue weighted by Gasteiger charge is 2.32. The molecule has 33 heavy (non-hydrogen) atoms. The number of nitro benzene ring substituents is 1. The van der Waals surface area contributed by atoms with Crippen molar-refractivity contribution in [2.45, 2.75) is 6.42 Å². The lowest BCUT2D eigenvalue weighted by Crippen LogP contribution is -2.52. The first kappa shape index (κ1) is 23.6. The topological polar surface area (TPSA) is 143 Å². The van der Waals surface area contributed by atoms with E-state index in [-0.39, 0.29) is 30.2 Å². The van der Waals surface area contributed by atoms with E-state index in [1.807, 2.05) is 0 Å². The Morgan fingerprint density at radius 1 is 1.12 bits per heavy atom. The molecular weight excluding hydrogens is 458 g/mol. The minimum atomic E-state index is -0.851. The molecule has 12 nitrogen and oxygen atoms in total. The van der Waals surface area contributed by atoms with Gasteiger partial charge in [-0.1, -0.05) is 23.7 Å². The van der Waals surface area contributed by atoms with Gasteiger partial charge in [0.05, 0.1) is 17.7 Å². The number of benzene rings is 2. The Labute approximate surface area is 193 Å². The summed E-state index contributed by atoms with van der Waals surface area (Å²) in [7, 11) is 1.41. The largest absolute Gasteiger partial charge is 0.495 e. The number of amides is 5. The molecule has 2 aromatic rings. The van der Waals surface area contributed by atoms with Crippen LogP contribution in [-0.4, -0.2) is 59.7 Å². The maximum atomic E-state index is 12.6. The molecule has 1 fully saturated rings. The van der Waals surface area contributed by atoms with E-state index >= 15 is 0 Å². The normalized spacial score (nSPS) is 12.8. The van der Waals surface area contributed by atoms with Gasteiger partial charge in [0.25, 0.3) is 5.91 Å². The van der Waals surface area contributed by atoms with Gasteiger partial charge in [0, 0.05) is 24.2 Å². The zero-order valence-electron chi connectivity index (χ0n) is 17.4. The number of methoxy groups -OCH3 is 1. The van der Waals surface area contributed by atoms with Crippen LogP contribution in [0.5, 0.6) is 11.5 Å². The van der Waals surface area contributed by atoms with Crippen LogP contribution in [0.1, 0.15) is 6.42 Å². The number of nitrogens with zero attached hydrogens (tertiary/aromatic N) is 3. The lowest BCUT2D eigenvalue weighted by Gasteiger charge is -2.27. The van der Waals surface area contributed by atoms with Crippen molar-refractivity contribution in [3.63, 3.8) is 0 Å². The number of anilines is 1. The number of carbonyl (C=O) groups excluding carboxylic acids is 3. The van der Waals surface area contributed by atoms with Crippen LogP contribution in [-0.2, 0) is 4.79 Å². The number of hydrazine groups is 1. The van der Waals surface area contributed by atoms with Crippen molar-refractivity contribution in [1.29, 1.82) is 0 Å². The first-order chi connectivity index (χ1) is 15.8. The molecule has 0 spiro atoms. The van der Waals surface area contributed by atoms with Crippen molar-refractivity contribution in [1.82, 2.24) is 15.3 Å². The summed E-state index contributed by atoms with van der Waals surface area (Å²) >= 11 is 5.93. The number of nitro groups is 1. The molecule has 0 atom stereocenters. The predicted molar refractivity (Wildman–Crippen MR) is 117 cm³/mol. The summed E-state index contributed by atoms with van der Waals surface area (Å²) in [4.78, 5) is 47.9. The monoisotopic (exact) mass is 477 g/mol. The Hall–Kier alpha value is -4.06. The zero-order chi connectivity index (χ0) is 24.0. The van der Waals surface area contributed by atoms with Crippen LogP contribution in [0.2, 0.25) is 5.02 Å². The molecule has 1 aliphatic rings. The maximum absolute atomic E-state index is 12.6. The molecule has 0 bridgehead atoms. The fraction of sp³-hybridized carbons (Fsp3) is 0.250. The van der Waals surface area contributed by atoms with Crippen LogP contribution in [0.4, 0.5) is 21.0 Å². The van der Waals surface area contributed by atoms with E-state index in [0.29, 0.717) is 17.2 Å². The summed E-state index contributed by atoms with van der Waals surface area (Å²) in [6.07, 6.45) is 0.481. The van der Waals surface area contributed by atoms with Crippen LogP contribution in [0.3, 0.4) is 0 Å².